The quantitative estimate of drug-likeness (QED) is 0.418. The zero-order valence-corrected chi connectivity index (χ0v) is 14.7. The lowest BCUT2D eigenvalue weighted by molar-refractivity contribution is -0.385. The molecule has 27 heavy (non-hydrogen) atoms. The van der Waals surface area contributed by atoms with E-state index in [-0.39, 0.29) is 17.8 Å². The molecule has 0 unspecified atom stereocenters. The highest BCUT2D eigenvalue weighted by molar-refractivity contribution is 5.88. The second kappa shape index (κ2) is 7.24. The lowest BCUT2D eigenvalue weighted by Gasteiger charge is -2.02. The summed E-state index contributed by atoms with van der Waals surface area (Å²) in [5.41, 5.74) is 4.69. The van der Waals surface area contributed by atoms with Gasteiger partial charge >= 0.3 is 5.69 Å². The molecule has 1 heterocycles. The smallest absolute Gasteiger partial charge is 0.295 e. The van der Waals surface area contributed by atoms with Gasteiger partial charge in [0.2, 0.25) is 5.91 Å². The molecule has 0 fully saturated rings. The molecule has 9 heteroatoms. The van der Waals surface area contributed by atoms with Crippen LogP contribution in [-0.2, 0) is 25.3 Å². The number of rotatable bonds is 5. The molecule has 9 nitrogen and oxygen atoms in total. The highest BCUT2D eigenvalue weighted by Gasteiger charge is 2.15. The van der Waals surface area contributed by atoms with Gasteiger partial charge in [0.1, 0.15) is 0 Å². The molecule has 138 valence electrons. The molecule has 0 spiro atoms. The first-order chi connectivity index (χ1) is 12.9. The number of hydrogen-bond acceptors (Lipinski definition) is 5. The van der Waals surface area contributed by atoms with E-state index in [0.29, 0.717) is 11.1 Å². The lowest BCUT2D eigenvalue weighted by atomic mass is 10.1. The highest BCUT2D eigenvalue weighted by atomic mass is 16.6. The molecule has 0 atom stereocenters. The van der Waals surface area contributed by atoms with Crippen LogP contribution in [-0.4, -0.2) is 26.2 Å². The number of hydrogen-bond donors (Lipinski definition) is 1. The van der Waals surface area contributed by atoms with Crippen molar-refractivity contribution >= 4 is 28.8 Å². The molecule has 0 bridgehead atoms. The topological polar surface area (TPSA) is 112 Å². The van der Waals surface area contributed by atoms with Gasteiger partial charge in [-0.3, -0.25) is 24.0 Å². The predicted octanol–water partition coefficient (Wildman–Crippen LogP) is 1.48. The van der Waals surface area contributed by atoms with Crippen LogP contribution >= 0.6 is 0 Å². The van der Waals surface area contributed by atoms with Gasteiger partial charge in [0.15, 0.2) is 0 Å². The van der Waals surface area contributed by atoms with Crippen LogP contribution in [0.15, 0.2) is 52.4 Å². The van der Waals surface area contributed by atoms with Crippen LogP contribution < -0.4 is 11.1 Å². The fourth-order valence-corrected chi connectivity index (χ4v) is 2.83. The number of hydrazone groups is 1. The molecule has 0 saturated heterocycles. The summed E-state index contributed by atoms with van der Waals surface area (Å²) in [7, 11) is 3.38. The number of aromatic nitrogens is 2. The van der Waals surface area contributed by atoms with Gasteiger partial charge in [-0.05, 0) is 17.7 Å². The Morgan fingerprint density at radius 3 is 2.63 bits per heavy atom. The predicted molar refractivity (Wildman–Crippen MR) is 101 cm³/mol. The highest BCUT2D eigenvalue weighted by Crippen LogP contribution is 2.18. The van der Waals surface area contributed by atoms with Crippen LogP contribution in [0, 0.1) is 10.1 Å². The van der Waals surface area contributed by atoms with Crippen LogP contribution in [0.4, 0.5) is 5.69 Å². The van der Waals surface area contributed by atoms with Crippen LogP contribution in [0.5, 0.6) is 0 Å². The molecule has 1 amide bonds. The van der Waals surface area contributed by atoms with Crippen molar-refractivity contribution in [3.8, 4) is 0 Å². The van der Waals surface area contributed by atoms with Crippen molar-refractivity contribution in [2.75, 3.05) is 0 Å². The van der Waals surface area contributed by atoms with E-state index in [0.717, 1.165) is 11.0 Å². The molecular formula is C18H17N5O4. The number of aryl methyl sites for hydroxylation is 2. The third-order valence-electron chi connectivity index (χ3n) is 4.24. The third kappa shape index (κ3) is 3.61. The van der Waals surface area contributed by atoms with Crippen molar-refractivity contribution in [3.05, 3.63) is 74.2 Å². The molecule has 0 saturated carbocycles. The zero-order chi connectivity index (χ0) is 19.6. The van der Waals surface area contributed by atoms with E-state index in [2.05, 4.69) is 10.5 Å². The molecule has 2 aromatic carbocycles. The standard InChI is InChI=1S/C18H17N5O4/c1-21-15-8-7-12(9-16(15)22(2)18(21)25)11-19-20-17(24)10-13-5-3-4-6-14(13)23(26)27/h3-9,11H,10H2,1-2H3,(H,20,24). The maximum Gasteiger partial charge on any atom is 0.328 e. The number of nitrogens with one attached hydrogen (secondary N) is 1. The Bertz CT molecular complexity index is 1130. The summed E-state index contributed by atoms with van der Waals surface area (Å²) in [4.78, 5) is 34.4. The molecule has 3 rings (SSSR count). The maximum atomic E-state index is 12.0. The average molecular weight is 367 g/mol. The SMILES string of the molecule is Cn1c(=O)n(C)c2cc(C=NNC(=O)Cc3ccccc3[N+](=O)[O-])ccc21. The van der Waals surface area contributed by atoms with E-state index in [1.54, 1.807) is 49.0 Å². The van der Waals surface area contributed by atoms with Gasteiger partial charge in [0.25, 0.3) is 5.69 Å². The molecule has 1 aromatic heterocycles. The number of carbonyl (C=O) groups excluding carboxylic acids is 1. The normalized spacial score (nSPS) is 11.2. The number of amides is 1. The fraction of sp³-hybridized carbons (Fsp3) is 0.167. The van der Waals surface area contributed by atoms with Crippen LogP contribution in [0.3, 0.4) is 0 Å². The van der Waals surface area contributed by atoms with Crippen LogP contribution in [0.1, 0.15) is 11.1 Å². The van der Waals surface area contributed by atoms with Gasteiger partial charge in [-0.25, -0.2) is 10.2 Å². The molecule has 0 radical (unpaired) electrons. The van der Waals surface area contributed by atoms with Crippen molar-refractivity contribution in [1.29, 1.82) is 0 Å². The van der Waals surface area contributed by atoms with Gasteiger partial charge in [0.05, 0.1) is 28.6 Å². The third-order valence-corrected chi connectivity index (χ3v) is 4.24. The van der Waals surface area contributed by atoms with E-state index in [1.165, 1.54) is 22.9 Å². The van der Waals surface area contributed by atoms with Gasteiger partial charge < -0.3 is 0 Å². The average Bonchev–Trinajstić information content (AvgIpc) is 2.86. The number of carbonyl (C=O) groups is 1. The summed E-state index contributed by atoms with van der Waals surface area (Å²) < 4.78 is 3.07. The van der Waals surface area contributed by atoms with E-state index in [1.807, 2.05) is 0 Å². The summed E-state index contributed by atoms with van der Waals surface area (Å²) >= 11 is 0. The summed E-state index contributed by atoms with van der Waals surface area (Å²) in [5, 5.41) is 14.9. The molecule has 3 aromatic rings. The lowest BCUT2D eigenvalue weighted by Crippen LogP contribution is -2.20. The Hall–Kier alpha value is -3.75. The molecule has 0 aliphatic rings. The summed E-state index contributed by atoms with van der Waals surface area (Å²) in [5.74, 6) is -0.464. The van der Waals surface area contributed by atoms with E-state index < -0.39 is 10.8 Å². The number of fused-ring (bicyclic) bond motifs is 1. The minimum Gasteiger partial charge on any atom is -0.295 e. The zero-order valence-electron chi connectivity index (χ0n) is 14.7. The maximum absolute atomic E-state index is 12.0. The van der Waals surface area contributed by atoms with E-state index in [4.69, 9.17) is 0 Å². The Labute approximate surface area is 153 Å². The van der Waals surface area contributed by atoms with E-state index >= 15 is 0 Å². The molecule has 0 aliphatic heterocycles. The number of para-hydroxylation sites is 1. The van der Waals surface area contributed by atoms with Crippen molar-refractivity contribution in [2.45, 2.75) is 6.42 Å². The van der Waals surface area contributed by atoms with Gasteiger partial charge in [-0.1, -0.05) is 24.3 Å². The van der Waals surface area contributed by atoms with Crippen molar-refractivity contribution < 1.29 is 9.72 Å². The number of nitro benzene ring substituents is 1. The second-order valence-corrected chi connectivity index (χ2v) is 6.00. The Balaban J connectivity index is 1.71. The van der Waals surface area contributed by atoms with Gasteiger partial charge in [0, 0.05) is 25.7 Å². The largest absolute Gasteiger partial charge is 0.328 e. The van der Waals surface area contributed by atoms with Crippen LogP contribution in [0.2, 0.25) is 0 Å². The second-order valence-electron chi connectivity index (χ2n) is 6.00. The first-order valence-electron chi connectivity index (χ1n) is 8.08. The minimum atomic E-state index is -0.523. The van der Waals surface area contributed by atoms with Gasteiger partial charge in [-0.2, -0.15) is 5.10 Å². The number of nitro groups is 1. The molecular weight excluding hydrogens is 350 g/mol. The first kappa shape index (κ1) is 18.1. The molecule has 1 N–H and O–H groups in total. The van der Waals surface area contributed by atoms with Crippen molar-refractivity contribution in [1.82, 2.24) is 14.6 Å². The summed E-state index contributed by atoms with van der Waals surface area (Å²) in [6, 6.07) is 11.4. The summed E-state index contributed by atoms with van der Waals surface area (Å²) in [6.45, 7) is 0. The fourth-order valence-electron chi connectivity index (χ4n) is 2.83. The van der Waals surface area contributed by atoms with Gasteiger partial charge in [-0.15, -0.1) is 0 Å². The first-order valence-corrected chi connectivity index (χ1v) is 8.08. The minimum absolute atomic E-state index is 0.105. The Morgan fingerprint density at radius 2 is 1.89 bits per heavy atom. The Kier molecular flexibility index (Phi) is 4.84. The number of benzene rings is 2. The van der Waals surface area contributed by atoms with Crippen molar-refractivity contribution in [2.24, 2.45) is 19.2 Å². The molecule has 0 aliphatic carbocycles. The number of nitrogens with zero attached hydrogens (tertiary/aromatic N) is 4. The van der Waals surface area contributed by atoms with Crippen molar-refractivity contribution in [3.63, 3.8) is 0 Å². The summed E-state index contributed by atoms with van der Waals surface area (Å²) in [6.07, 6.45) is 1.30. The Morgan fingerprint density at radius 1 is 1.19 bits per heavy atom. The number of imidazole rings is 1. The van der Waals surface area contributed by atoms with Crippen LogP contribution in [0.25, 0.3) is 11.0 Å². The monoisotopic (exact) mass is 367 g/mol. The van der Waals surface area contributed by atoms with E-state index in [9.17, 15) is 19.7 Å².